The van der Waals surface area contributed by atoms with Gasteiger partial charge < -0.3 is 25.2 Å². The Morgan fingerprint density at radius 2 is 1.84 bits per heavy atom. The second-order valence-corrected chi connectivity index (χ2v) is 7.79. The lowest BCUT2D eigenvalue weighted by Gasteiger charge is -2.39. The second kappa shape index (κ2) is 10.6. The number of nitrogens with zero attached hydrogens (tertiary/aromatic N) is 1. The summed E-state index contributed by atoms with van der Waals surface area (Å²) in [7, 11) is -4.78. The zero-order valence-electron chi connectivity index (χ0n) is 13.8. The van der Waals surface area contributed by atoms with E-state index in [-0.39, 0.29) is 5.04 Å². The Balaban J connectivity index is 2.80. The third kappa shape index (κ3) is 7.74. The Bertz CT molecular complexity index is 526. The van der Waals surface area contributed by atoms with Crippen LogP contribution in [-0.4, -0.2) is 74.9 Å². The van der Waals surface area contributed by atoms with Crippen molar-refractivity contribution in [2.45, 2.75) is 68.9 Å². The number of oxime groups is 1. The highest BCUT2D eigenvalue weighted by Gasteiger charge is 2.44. The van der Waals surface area contributed by atoms with Crippen LogP contribution in [0.2, 0.25) is 0 Å². The lowest BCUT2D eigenvalue weighted by Crippen LogP contribution is -2.57. The van der Waals surface area contributed by atoms with Crippen molar-refractivity contribution in [1.82, 2.24) is 0 Å². The van der Waals surface area contributed by atoms with Gasteiger partial charge in [0.25, 0.3) is 0 Å². The van der Waals surface area contributed by atoms with Gasteiger partial charge in [0.2, 0.25) is 0 Å². The van der Waals surface area contributed by atoms with Crippen molar-refractivity contribution in [3.8, 4) is 0 Å². The van der Waals surface area contributed by atoms with Gasteiger partial charge in [-0.1, -0.05) is 43.1 Å². The van der Waals surface area contributed by atoms with Gasteiger partial charge in [0.05, 0.1) is 6.61 Å². The van der Waals surface area contributed by atoms with Crippen molar-refractivity contribution >= 4 is 27.2 Å². The minimum atomic E-state index is -4.78. The van der Waals surface area contributed by atoms with Crippen LogP contribution in [0.5, 0.6) is 0 Å². The van der Waals surface area contributed by atoms with Crippen LogP contribution in [0.15, 0.2) is 5.16 Å². The first-order valence-electron chi connectivity index (χ1n) is 7.89. The summed E-state index contributed by atoms with van der Waals surface area (Å²) in [6.45, 7) is 1.45. The molecule has 0 saturated carbocycles. The van der Waals surface area contributed by atoms with Crippen molar-refractivity contribution < 1.29 is 42.4 Å². The van der Waals surface area contributed by atoms with Crippen LogP contribution in [-0.2, 0) is 19.4 Å². The molecule has 10 nitrogen and oxygen atoms in total. The van der Waals surface area contributed by atoms with Crippen molar-refractivity contribution in [1.29, 1.82) is 0 Å². The maximum absolute atomic E-state index is 10.7. The van der Waals surface area contributed by atoms with E-state index < -0.39 is 46.9 Å². The van der Waals surface area contributed by atoms with Crippen molar-refractivity contribution in [3.63, 3.8) is 0 Å². The van der Waals surface area contributed by atoms with E-state index >= 15 is 0 Å². The standard InChI is InChI=1S/C13H25NO9S2/c1-2-3-4-5-6-9(14-23-25(19,20)21)24-13-12(18)11(17)10(16)8(7-15)22-13/h8,10-13,15-18H,2-7H2,1H3,(H,19,20,21)/b14-9-/t8-,10-,11+,12-,13+/m0/s1. The van der Waals surface area contributed by atoms with E-state index in [4.69, 9.17) is 9.29 Å². The van der Waals surface area contributed by atoms with Gasteiger partial charge in [-0.15, -0.1) is 0 Å². The van der Waals surface area contributed by atoms with Gasteiger partial charge >= 0.3 is 10.4 Å². The number of hydrogen-bond acceptors (Lipinski definition) is 10. The molecule has 1 saturated heterocycles. The summed E-state index contributed by atoms with van der Waals surface area (Å²) >= 11 is 0.792. The van der Waals surface area contributed by atoms with Crippen LogP contribution in [0.1, 0.15) is 39.0 Å². The van der Waals surface area contributed by atoms with Crippen molar-refractivity contribution in [2.75, 3.05) is 6.61 Å². The molecule has 1 rings (SSSR count). The van der Waals surface area contributed by atoms with Crippen LogP contribution in [0.25, 0.3) is 0 Å². The van der Waals surface area contributed by atoms with Crippen LogP contribution in [0, 0.1) is 0 Å². The quantitative estimate of drug-likeness (QED) is 0.113. The van der Waals surface area contributed by atoms with Crippen LogP contribution in [0.4, 0.5) is 0 Å². The molecule has 5 atom stereocenters. The number of aliphatic hydroxyl groups excluding tert-OH is 4. The Labute approximate surface area is 150 Å². The smallest absolute Gasteiger partial charge is 0.394 e. The van der Waals surface area contributed by atoms with E-state index in [9.17, 15) is 28.8 Å². The molecule has 0 aromatic rings. The number of thioether (sulfide) groups is 1. The maximum Gasteiger partial charge on any atom is 0.466 e. The molecule has 5 N–H and O–H groups in total. The molecule has 12 heteroatoms. The Morgan fingerprint density at radius 1 is 1.16 bits per heavy atom. The molecule has 1 aliphatic rings. The fraction of sp³-hybridized carbons (Fsp3) is 0.923. The van der Waals surface area contributed by atoms with E-state index in [0.29, 0.717) is 12.8 Å². The molecule has 1 aliphatic heterocycles. The predicted molar refractivity (Wildman–Crippen MR) is 90.2 cm³/mol. The molecule has 1 heterocycles. The highest BCUT2D eigenvalue weighted by atomic mass is 32.3. The summed E-state index contributed by atoms with van der Waals surface area (Å²) in [5.41, 5.74) is -1.11. The minimum absolute atomic E-state index is 0.123. The molecular formula is C13H25NO9S2. The van der Waals surface area contributed by atoms with Crippen LogP contribution >= 0.6 is 11.8 Å². The highest BCUT2D eigenvalue weighted by Crippen LogP contribution is 2.30. The maximum atomic E-state index is 10.7. The van der Waals surface area contributed by atoms with Crippen molar-refractivity contribution in [2.24, 2.45) is 5.16 Å². The van der Waals surface area contributed by atoms with Gasteiger partial charge in [0.1, 0.15) is 34.9 Å². The Kier molecular flexibility index (Phi) is 9.59. The molecule has 0 aromatic heterocycles. The fourth-order valence-corrected chi connectivity index (χ4v) is 3.56. The van der Waals surface area contributed by atoms with Crippen LogP contribution in [0.3, 0.4) is 0 Å². The second-order valence-electron chi connectivity index (χ2n) is 5.61. The molecular weight excluding hydrogens is 378 g/mol. The Morgan fingerprint density at radius 3 is 2.40 bits per heavy atom. The predicted octanol–water partition coefficient (Wildman–Crippen LogP) is -0.377. The molecule has 25 heavy (non-hydrogen) atoms. The summed E-state index contributed by atoms with van der Waals surface area (Å²) < 4.78 is 39.4. The zero-order chi connectivity index (χ0) is 19.0. The molecule has 0 bridgehead atoms. The molecule has 1 fully saturated rings. The minimum Gasteiger partial charge on any atom is -0.394 e. The number of unbranched alkanes of at least 4 members (excludes halogenated alkanes) is 3. The van der Waals surface area contributed by atoms with Gasteiger partial charge in [0, 0.05) is 0 Å². The molecule has 0 unspecified atom stereocenters. The van der Waals surface area contributed by atoms with E-state index in [2.05, 4.69) is 9.44 Å². The van der Waals surface area contributed by atoms with E-state index in [1.165, 1.54) is 0 Å². The third-order valence-electron chi connectivity index (χ3n) is 3.58. The van der Waals surface area contributed by atoms with Gasteiger partial charge in [-0.3, -0.25) is 4.55 Å². The highest BCUT2D eigenvalue weighted by molar-refractivity contribution is 8.14. The zero-order valence-corrected chi connectivity index (χ0v) is 15.4. The third-order valence-corrected chi connectivity index (χ3v) is 5.01. The fourth-order valence-electron chi connectivity index (χ4n) is 2.22. The molecule has 0 aromatic carbocycles. The normalized spacial score (nSPS) is 31.1. The monoisotopic (exact) mass is 403 g/mol. The van der Waals surface area contributed by atoms with E-state index in [1.807, 2.05) is 6.92 Å². The lowest BCUT2D eigenvalue weighted by molar-refractivity contribution is -0.205. The number of rotatable bonds is 9. The first-order valence-corrected chi connectivity index (χ1v) is 10.1. The number of ether oxygens (including phenoxy) is 1. The first-order chi connectivity index (χ1) is 11.7. The van der Waals surface area contributed by atoms with Gasteiger partial charge in [-0.2, -0.15) is 8.42 Å². The van der Waals surface area contributed by atoms with E-state index in [0.717, 1.165) is 31.0 Å². The molecule has 148 valence electrons. The SMILES string of the molecule is CCCCCC/C(=N/OS(=O)(=O)O)S[C@H]1O[C@@H](CO)[C@H](O)[C@@H](O)[C@@H]1O. The van der Waals surface area contributed by atoms with Gasteiger partial charge in [-0.05, 0) is 12.8 Å². The van der Waals surface area contributed by atoms with Crippen LogP contribution < -0.4 is 0 Å². The first kappa shape index (κ1) is 22.6. The summed E-state index contributed by atoms with van der Waals surface area (Å²) in [5, 5.41) is 42.2. The molecule has 0 aliphatic carbocycles. The summed E-state index contributed by atoms with van der Waals surface area (Å²) in [5.74, 6) is 0. The Hall–Kier alpha value is -0.470. The van der Waals surface area contributed by atoms with Crippen molar-refractivity contribution in [3.05, 3.63) is 0 Å². The molecule has 0 radical (unpaired) electrons. The summed E-state index contributed by atoms with van der Waals surface area (Å²) in [6, 6.07) is 0. The van der Waals surface area contributed by atoms with E-state index in [1.54, 1.807) is 0 Å². The number of hydrogen-bond donors (Lipinski definition) is 5. The topological polar surface area (TPSA) is 166 Å². The van der Waals surface area contributed by atoms with Gasteiger partial charge in [-0.25, -0.2) is 4.28 Å². The van der Waals surface area contributed by atoms with Gasteiger partial charge in [0.15, 0.2) is 0 Å². The largest absolute Gasteiger partial charge is 0.466 e. The summed E-state index contributed by atoms with van der Waals surface area (Å²) in [4.78, 5) is 0. The lowest BCUT2D eigenvalue weighted by atomic mass is 10.0. The number of aliphatic hydroxyl groups is 4. The summed E-state index contributed by atoms with van der Waals surface area (Å²) in [6.07, 6.45) is -1.83. The molecule has 0 amide bonds. The molecule has 0 spiro atoms. The average molecular weight is 403 g/mol. The average Bonchev–Trinajstić information content (AvgIpc) is 2.55.